The Morgan fingerprint density at radius 1 is 1.38 bits per heavy atom. The lowest BCUT2D eigenvalue weighted by atomic mass is 10.1. The van der Waals surface area contributed by atoms with E-state index in [-0.39, 0.29) is 4.90 Å². The molecule has 0 spiro atoms. The van der Waals surface area contributed by atoms with E-state index in [9.17, 15) is 8.42 Å². The van der Waals surface area contributed by atoms with Crippen LogP contribution in [-0.2, 0) is 16.6 Å². The first-order valence-electron chi connectivity index (χ1n) is 4.87. The second-order valence-electron chi connectivity index (χ2n) is 3.73. The Bertz CT molecular complexity index is 469. The molecule has 0 saturated heterocycles. The Balaban J connectivity index is 3.23. The van der Waals surface area contributed by atoms with Crippen molar-refractivity contribution in [2.45, 2.75) is 18.4 Å². The molecule has 0 radical (unpaired) electrons. The van der Waals surface area contributed by atoms with Crippen LogP contribution in [0, 0.1) is 6.92 Å². The van der Waals surface area contributed by atoms with E-state index in [1.54, 1.807) is 33.2 Å². The van der Waals surface area contributed by atoms with Gasteiger partial charge in [-0.25, -0.2) is 13.4 Å². The van der Waals surface area contributed by atoms with Crippen LogP contribution in [0.15, 0.2) is 23.1 Å². The summed E-state index contributed by atoms with van der Waals surface area (Å²) in [5.74, 6) is 0. The van der Waals surface area contributed by atoms with E-state index in [2.05, 4.69) is 4.83 Å². The van der Waals surface area contributed by atoms with Crippen molar-refractivity contribution in [1.82, 2.24) is 9.84 Å². The van der Waals surface area contributed by atoms with Gasteiger partial charge in [-0.1, -0.05) is 12.1 Å². The maximum atomic E-state index is 11.9. The predicted octanol–water partition coefficient (Wildman–Crippen LogP) is 0.209. The molecule has 1 rings (SSSR count). The minimum Gasteiger partial charge on any atom is -0.326 e. The lowest BCUT2D eigenvalue weighted by Gasteiger charge is -2.15. The first-order chi connectivity index (χ1) is 7.38. The summed E-state index contributed by atoms with van der Waals surface area (Å²) >= 11 is 0. The fourth-order valence-corrected chi connectivity index (χ4v) is 2.83. The molecule has 0 amide bonds. The van der Waals surface area contributed by atoms with Crippen LogP contribution in [-0.4, -0.2) is 27.5 Å². The van der Waals surface area contributed by atoms with Crippen LogP contribution in [0.5, 0.6) is 0 Å². The third kappa shape index (κ3) is 2.79. The Kier molecular flexibility index (Phi) is 4.03. The Labute approximate surface area is 96.3 Å². The normalized spacial score (nSPS) is 12.1. The first-order valence-corrected chi connectivity index (χ1v) is 6.35. The molecule has 0 aliphatic rings. The highest BCUT2D eigenvalue weighted by atomic mass is 32.2. The summed E-state index contributed by atoms with van der Waals surface area (Å²) in [4.78, 5) is 2.66. The quantitative estimate of drug-likeness (QED) is 0.741. The zero-order chi connectivity index (χ0) is 12.3. The van der Waals surface area contributed by atoms with Crippen molar-refractivity contribution in [3.8, 4) is 0 Å². The van der Waals surface area contributed by atoms with Crippen LogP contribution < -0.4 is 10.6 Å². The van der Waals surface area contributed by atoms with Crippen molar-refractivity contribution in [2.24, 2.45) is 5.73 Å². The molecule has 1 aromatic carbocycles. The van der Waals surface area contributed by atoms with E-state index < -0.39 is 10.0 Å². The Morgan fingerprint density at radius 2 is 2.00 bits per heavy atom. The molecule has 90 valence electrons. The van der Waals surface area contributed by atoms with Crippen LogP contribution in [0.4, 0.5) is 0 Å². The number of nitrogens with zero attached hydrogens (tertiary/aromatic N) is 1. The summed E-state index contributed by atoms with van der Waals surface area (Å²) in [5, 5.41) is 1.39. The zero-order valence-corrected chi connectivity index (χ0v) is 10.5. The van der Waals surface area contributed by atoms with Crippen molar-refractivity contribution in [3.05, 3.63) is 29.3 Å². The minimum atomic E-state index is -3.50. The SMILES string of the molecule is Cc1c(CN)cccc1S(=O)(=O)NN(C)C. The second kappa shape index (κ2) is 4.92. The summed E-state index contributed by atoms with van der Waals surface area (Å²) in [6.07, 6.45) is 0. The van der Waals surface area contributed by atoms with Gasteiger partial charge in [0, 0.05) is 20.6 Å². The maximum Gasteiger partial charge on any atom is 0.253 e. The van der Waals surface area contributed by atoms with Gasteiger partial charge in [0.2, 0.25) is 0 Å². The van der Waals surface area contributed by atoms with Crippen LogP contribution >= 0.6 is 0 Å². The number of nitrogens with one attached hydrogen (secondary N) is 1. The second-order valence-corrected chi connectivity index (χ2v) is 5.36. The third-order valence-corrected chi connectivity index (χ3v) is 3.84. The van der Waals surface area contributed by atoms with Crippen LogP contribution in [0.1, 0.15) is 11.1 Å². The lowest BCUT2D eigenvalue weighted by molar-refractivity contribution is 0.364. The van der Waals surface area contributed by atoms with E-state index in [0.29, 0.717) is 12.1 Å². The molecule has 0 atom stereocenters. The topological polar surface area (TPSA) is 75.4 Å². The third-order valence-electron chi connectivity index (χ3n) is 2.21. The fourth-order valence-electron chi connectivity index (χ4n) is 1.46. The van der Waals surface area contributed by atoms with Crippen molar-refractivity contribution < 1.29 is 8.42 Å². The number of hydrazine groups is 1. The number of hydrogen-bond acceptors (Lipinski definition) is 4. The van der Waals surface area contributed by atoms with Gasteiger partial charge in [0.1, 0.15) is 0 Å². The smallest absolute Gasteiger partial charge is 0.253 e. The maximum absolute atomic E-state index is 11.9. The van der Waals surface area contributed by atoms with Crippen molar-refractivity contribution >= 4 is 10.0 Å². The van der Waals surface area contributed by atoms with E-state index >= 15 is 0 Å². The van der Waals surface area contributed by atoms with Crippen LogP contribution in [0.3, 0.4) is 0 Å². The van der Waals surface area contributed by atoms with E-state index in [4.69, 9.17) is 5.73 Å². The molecule has 3 N–H and O–H groups in total. The monoisotopic (exact) mass is 243 g/mol. The van der Waals surface area contributed by atoms with Gasteiger partial charge < -0.3 is 5.73 Å². The van der Waals surface area contributed by atoms with Crippen molar-refractivity contribution in [2.75, 3.05) is 14.1 Å². The fraction of sp³-hybridized carbons (Fsp3) is 0.400. The molecule has 0 unspecified atom stereocenters. The standard InChI is InChI=1S/C10H17N3O2S/c1-8-9(7-11)5-4-6-10(8)16(14,15)12-13(2)3/h4-6,12H,7,11H2,1-3H3. The molecule has 0 aliphatic heterocycles. The molecule has 16 heavy (non-hydrogen) atoms. The summed E-state index contributed by atoms with van der Waals surface area (Å²) in [5.41, 5.74) is 7.07. The van der Waals surface area contributed by atoms with Gasteiger partial charge in [-0.15, -0.1) is 4.83 Å². The molecular formula is C10H17N3O2S. The average Bonchev–Trinajstić information content (AvgIpc) is 2.15. The molecule has 1 aromatic rings. The minimum absolute atomic E-state index is 0.268. The predicted molar refractivity (Wildman–Crippen MR) is 63.1 cm³/mol. The molecule has 0 saturated carbocycles. The largest absolute Gasteiger partial charge is 0.326 e. The highest BCUT2D eigenvalue weighted by Crippen LogP contribution is 2.18. The van der Waals surface area contributed by atoms with Crippen molar-refractivity contribution in [3.63, 3.8) is 0 Å². The van der Waals surface area contributed by atoms with E-state index in [1.165, 1.54) is 5.01 Å². The summed E-state index contributed by atoms with van der Waals surface area (Å²) in [6, 6.07) is 5.09. The summed E-state index contributed by atoms with van der Waals surface area (Å²) < 4.78 is 23.9. The van der Waals surface area contributed by atoms with Gasteiger partial charge in [0.25, 0.3) is 10.0 Å². The number of benzene rings is 1. The van der Waals surface area contributed by atoms with Gasteiger partial charge in [0.15, 0.2) is 0 Å². The number of sulfonamides is 1. The Morgan fingerprint density at radius 3 is 2.50 bits per heavy atom. The molecule has 0 aliphatic carbocycles. The number of nitrogens with two attached hydrogens (primary N) is 1. The summed E-state index contributed by atoms with van der Waals surface area (Å²) in [7, 11) is -0.253. The number of hydrogen-bond donors (Lipinski definition) is 2. The molecule has 0 bridgehead atoms. The van der Waals surface area contributed by atoms with Gasteiger partial charge in [-0.2, -0.15) is 0 Å². The van der Waals surface area contributed by atoms with Crippen molar-refractivity contribution in [1.29, 1.82) is 0 Å². The highest BCUT2D eigenvalue weighted by Gasteiger charge is 2.18. The lowest BCUT2D eigenvalue weighted by Crippen LogP contribution is -2.36. The molecule has 6 heteroatoms. The molecule has 0 heterocycles. The van der Waals surface area contributed by atoms with Gasteiger partial charge >= 0.3 is 0 Å². The molecule has 5 nitrogen and oxygen atoms in total. The number of rotatable bonds is 4. The zero-order valence-electron chi connectivity index (χ0n) is 9.69. The molecule has 0 aromatic heterocycles. The van der Waals surface area contributed by atoms with Gasteiger partial charge in [0.05, 0.1) is 4.90 Å². The summed E-state index contributed by atoms with van der Waals surface area (Å²) in [6.45, 7) is 2.09. The van der Waals surface area contributed by atoms with E-state index in [0.717, 1.165) is 5.56 Å². The van der Waals surface area contributed by atoms with E-state index in [1.807, 2.05) is 6.07 Å². The molecule has 0 fully saturated rings. The average molecular weight is 243 g/mol. The van der Waals surface area contributed by atoms with Crippen LogP contribution in [0.25, 0.3) is 0 Å². The molecular weight excluding hydrogens is 226 g/mol. The van der Waals surface area contributed by atoms with Gasteiger partial charge in [-0.3, -0.25) is 0 Å². The Hall–Kier alpha value is -0.950. The first kappa shape index (κ1) is 13.1. The highest BCUT2D eigenvalue weighted by molar-refractivity contribution is 7.89. The van der Waals surface area contributed by atoms with Crippen LogP contribution in [0.2, 0.25) is 0 Å². The van der Waals surface area contributed by atoms with Gasteiger partial charge in [-0.05, 0) is 24.1 Å².